The molecule has 2 aromatic rings. The second-order valence-corrected chi connectivity index (χ2v) is 9.52. The van der Waals surface area contributed by atoms with Crippen molar-refractivity contribution in [3.63, 3.8) is 0 Å². The number of fused-ring (bicyclic) bond motifs is 2. The second kappa shape index (κ2) is 15.1. The molecule has 0 unspecified atom stereocenters. The van der Waals surface area contributed by atoms with Gasteiger partial charge in [0.05, 0.1) is 19.3 Å². The van der Waals surface area contributed by atoms with E-state index in [0.717, 1.165) is 24.9 Å². The van der Waals surface area contributed by atoms with Crippen LogP contribution in [-0.4, -0.2) is 79.4 Å². The number of hydrogen-bond acceptors (Lipinski definition) is 7. The van der Waals surface area contributed by atoms with E-state index in [1.54, 1.807) is 30.1 Å². The van der Waals surface area contributed by atoms with Crippen molar-refractivity contribution in [2.24, 2.45) is 0 Å². The highest BCUT2D eigenvalue weighted by Crippen LogP contribution is 2.32. The van der Waals surface area contributed by atoms with Crippen LogP contribution in [0.1, 0.15) is 46.8 Å². The lowest BCUT2D eigenvalue weighted by molar-refractivity contribution is -0.151. The predicted molar refractivity (Wildman–Crippen MR) is 157 cm³/mol. The van der Waals surface area contributed by atoms with Gasteiger partial charge in [0.2, 0.25) is 5.91 Å². The van der Waals surface area contributed by atoms with E-state index in [1.165, 1.54) is 11.1 Å². The molecule has 2 N–H and O–H groups in total. The van der Waals surface area contributed by atoms with E-state index in [-0.39, 0.29) is 55.5 Å². The molecule has 0 aromatic heterocycles. The number of likely N-dealkylation sites (N-methyl/N-ethyl adjacent to an activating group) is 2. The van der Waals surface area contributed by atoms with Gasteiger partial charge >= 0.3 is 0 Å². The Morgan fingerprint density at radius 2 is 1.72 bits per heavy atom. The smallest absolute Gasteiger partial charge is 0.256 e. The minimum Gasteiger partial charge on any atom is -0.495 e. The molecule has 2 aliphatic rings. The number of anilines is 1. The fourth-order valence-electron chi connectivity index (χ4n) is 4.89. The fourth-order valence-corrected chi connectivity index (χ4v) is 4.89. The van der Waals surface area contributed by atoms with Gasteiger partial charge in [-0.05, 0) is 48.2 Å². The summed E-state index contributed by atoms with van der Waals surface area (Å²) < 4.78 is 5.52. The number of ketones is 1. The molecule has 4 rings (SSSR count). The zero-order valence-corrected chi connectivity index (χ0v) is 24.5. The molecule has 1 aliphatic heterocycles. The third-order valence-corrected chi connectivity index (χ3v) is 7.10. The minimum atomic E-state index is -0.199. The Bertz CT molecular complexity index is 1140. The summed E-state index contributed by atoms with van der Waals surface area (Å²) in [6, 6.07) is 11.8. The summed E-state index contributed by atoms with van der Waals surface area (Å²) in [6.07, 6.45) is 2.22. The highest BCUT2D eigenvalue weighted by atomic mass is 35.5. The molecule has 2 aromatic carbocycles. The Balaban J connectivity index is 0.00000267. The summed E-state index contributed by atoms with van der Waals surface area (Å²) in [6.45, 7) is 5.09. The number of hydrazine groups is 1. The summed E-state index contributed by atoms with van der Waals surface area (Å²) >= 11 is 0. The summed E-state index contributed by atoms with van der Waals surface area (Å²) in [5.41, 5.74) is 4.70. The number of ether oxygens (including phenoxy) is 1. The van der Waals surface area contributed by atoms with Crippen molar-refractivity contribution >= 4 is 48.1 Å². The summed E-state index contributed by atoms with van der Waals surface area (Å²) in [5, 5.41) is 10.00. The van der Waals surface area contributed by atoms with Gasteiger partial charge in [0.25, 0.3) is 5.91 Å². The first-order valence-electron chi connectivity index (χ1n) is 13.0. The number of hydrogen-bond donors (Lipinski definition) is 2. The van der Waals surface area contributed by atoms with Crippen LogP contribution in [0.3, 0.4) is 0 Å². The first-order chi connectivity index (χ1) is 17.9. The third-order valence-electron chi connectivity index (χ3n) is 7.10. The van der Waals surface area contributed by atoms with Crippen LogP contribution < -0.4 is 15.4 Å². The lowest BCUT2D eigenvalue weighted by Gasteiger charge is -2.31. The van der Waals surface area contributed by atoms with Gasteiger partial charge in [0, 0.05) is 45.2 Å². The molecule has 39 heavy (non-hydrogen) atoms. The van der Waals surface area contributed by atoms with Gasteiger partial charge in [-0.15, -0.1) is 24.8 Å². The van der Waals surface area contributed by atoms with Crippen molar-refractivity contribution in [1.29, 1.82) is 0 Å². The van der Waals surface area contributed by atoms with Crippen molar-refractivity contribution in [2.45, 2.75) is 39.3 Å². The van der Waals surface area contributed by atoms with E-state index in [4.69, 9.17) is 4.74 Å². The van der Waals surface area contributed by atoms with Crippen LogP contribution in [0.5, 0.6) is 5.75 Å². The topological polar surface area (TPSA) is 94.2 Å². The molecule has 0 spiro atoms. The van der Waals surface area contributed by atoms with Gasteiger partial charge in [-0.1, -0.05) is 31.2 Å². The summed E-state index contributed by atoms with van der Waals surface area (Å²) in [7, 11) is 3.33. The molecule has 214 valence electrons. The molecule has 0 radical (unpaired) electrons. The number of aryl methyl sites for hydroxylation is 1. The number of methoxy groups -OCH3 is 1. The first-order valence-corrected chi connectivity index (χ1v) is 13.0. The lowest BCUT2D eigenvalue weighted by atomic mass is 9.90. The predicted octanol–water partition coefficient (Wildman–Crippen LogP) is 3.30. The largest absolute Gasteiger partial charge is 0.495 e. The number of nitrogens with zero attached hydrogens (tertiary/aromatic N) is 3. The third kappa shape index (κ3) is 7.85. The molecular weight excluding hydrogens is 541 g/mol. The highest BCUT2D eigenvalue weighted by molar-refractivity contribution is 6.00. The monoisotopic (exact) mass is 579 g/mol. The molecule has 2 amide bonds. The van der Waals surface area contributed by atoms with Crippen LogP contribution >= 0.6 is 24.8 Å². The normalized spacial score (nSPS) is 13.9. The standard InChI is InChI=1S/C28H37N5O4.2ClH/c1-4-29-12-13-32(19-28(36)31(2)33-17-21-8-5-6-9-22(21)18-33)27(35)16-30-24-15-23-20(14-26(24)37-3)10-7-11-25(23)34;;/h5-6,8-9,14-15,29-30H,4,7,10-13,16-19H2,1-3H3;2*1H. The minimum absolute atomic E-state index is 0. The Morgan fingerprint density at radius 1 is 1.03 bits per heavy atom. The number of carbonyl (C=O) groups excluding carboxylic acids is 3. The Kier molecular flexibility index (Phi) is 12.5. The number of Topliss-reactive ketones (excluding diaryl/α,β-unsaturated/α-hetero) is 1. The molecule has 9 nitrogen and oxygen atoms in total. The number of benzene rings is 2. The molecule has 11 heteroatoms. The van der Waals surface area contributed by atoms with Crippen LogP contribution in [0.4, 0.5) is 5.69 Å². The van der Waals surface area contributed by atoms with Crippen LogP contribution in [0, 0.1) is 0 Å². The average molecular weight is 581 g/mol. The van der Waals surface area contributed by atoms with Crippen molar-refractivity contribution in [3.05, 3.63) is 58.7 Å². The average Bonchev–Trinajstić information content (AvgIpc) is 3.35. The number of rotatable bonds is 11. The van der Waals surface area contributed by atoms with Gasteiger partial charge in [0.15, 0.2) is 5.78 Å². The molecule has 0 fully saturated rings. The van der Waals surface area contributed by atoms with Crippen molar-refractivity contribution < 1.29 is 19.1 Å². The lowest BCUT2D eigenvalue weighted by Crippen LogP contribution is -2.49. The quantitative estimate of drug-likeness (QED) is 0.394. The maximum Gasteiger partial charge on any atom is 0.256 e. The molecular formula is C28H39Cl2N5O4. The van der Waals surface area contributed by atoms with Gasteiger partial charge in [0.1, 0.15) is 12.3 Å². The van der Waals surface area contributed by atoms with Crippen molar-refractivity contribution in [1.82, 2.24) is 20.2 Å². The first kappa shape index (κ1) is 32.4. The van der Waals surface area contributed by atoms with Crippen LogP contribution in [0.25, 0.3) is 0 Å². The van der Waals surface area contributed by atoms with E-state index >= 15 is 0 Å². The molecule has 1 heterocycles. The van der Waals surface area contributed by atoms with Crippen LogP contribution in [0.2, 0.25) is 0 Å². The number of amides is 2. The molecule has 1 aliphatic carbocycles. The van der Waals surface area contributed by atoms with Crippen LogP contribution in [-0.2, 0) is 29.1 Å². The molecule has 0 atom stereocenters. The molecule has 0 bridgehead atoms. The maximum atomic E-state index is 13.3. The zero-order chi connectivity index (χ0) is 26.4. The maximum absolute atomic E-state index is 13.3. The highest BCUT2D eigenvalue weighted by Gasteiger charge is 2.27. The van der Waals surface area contributed by atoms with Crippen molar-refractivity contribution in [2.75, 3.05) is 52.2 Å². The van der Waals surface area contributed by atoms with E-state index in [0.29, 0.717) is 49.6 Å². The zero-order valence-electron chi connectivity index (χ0n) is 22.8. The van der Waals surface area contributed by atoms with E-state index in [1.807, 2.05) is 30.1 Å². The second-order valence-electron chi connectivity index (χ2n) is 9.52. The van der Waals surface area contributed by atoms with E-state index in [2.05, 4.69) is 22.8 Å². The van der Waals surface area contributed by atoms with E-state index in [9.17, 15) is 14.4 Å². The Labute approximate surface area is 243 Å². The van der Waals surface area contributed by atoms with Gasteiger partial charge in [-0.25, -0.2) is 5.01 Å². The summed E-state index contributed by atoms with van der Waals surface area (Å²) in [4.78, 5) is 40.4. The number of carbonyl (C=O) groups is 3. The van der Waals surface area contributed by atoms with E-state index < -0.39 is 0 Å². The van der Waals surface area contributed by atoms with Gasteiger partial charge in [-0.3, -0.25) is 19.4 Å². The Morgan fingerprint density at radius 3 is 2.36 bits per heavy atom. The number of halogens is 2. The van der Waals surface area contributed by atoms with Crippen molar-refractivity contribution in [3.8, 4) is 5.75 Å². The summed E-state index contributed by atoms with van der Waals surface area (Å²) in [5.74, 6) is 0.373. The molecule has 0 saturated carbocycles. The van der Waals surface area contributed by atoms with Gasteiger partial charge < -0.3 is 20.3 Å². The van der Waals surface area contributed by atoms with Crippen LogP contribution in [0.15, 0.2) is 36.4 Å². The molecule has 0 saturated heterocycles. The Hall–Kier alpha value is -2.85. The van der Waals surface area contributed by atoms with Gasteiger partial charge in [-0.2, -0.15) is 0 Å². The fraction of sp³-hybridized carbons (Fsp3) is 0.464. The SMILES string of the molecule is CCNCCN(CC(=O)N(C)N1Cc2ccccc2C1)C(=O)CNc1cc2c(cc1OC)CCCC2=O.Cl.Cl. The number of nitrogens with one attached hydrogen (secondary N) is 2.